The highest BCUT2D eigenvalue weighted by Gasteiger charge is 2.35. The first kappa shape index (κ1) is 26.8. The molecule has 0 unspecified atom stereocenters. The van der Waals surface area contributed by atoms with E-state index in [2.05, 4.69) is 20.6 Å². The number of carbonyl (C=O) groups excluding carboxylic acids is 1. The van der Waals surface area contributed by atoms with Crippen LogP contribution < -0.4 is 20.3 Å². The number of amides is 1. The number of aryl methyl sites for hydroxylation is 1. The van der Waals surface area contributed by atoms with Gasteiger partial charge >= 0.3 is 6.01 Å². The SMILES string of the molecule is CCc1c(F)ccc2cc(O)cc(-c3c(F)cc4c(N5C[C@H]6CC[C@@H](C5)N6)nc(OC[C@@H]5CCC(=O)N5)nc4c3F)c12. The van der Waals surface area contributed by atoms with Crippen LogP contribution in [-0.4, -0.2) is 58.8 Å². The van der Waals surface area contributed by atoms with E-state index in [4.69, 9.17) is 4.74 Å². The Morgan fingerprint density at radius 2 is 1.83 bits per heavy atom. The van der Waals surface area contributed by atoms with Gasteiger partial charge in [0.1, 0.15) is 35.3 Å². The summed E-state index contributed by atoms with van der Waals surface area (Å²) in [5.74, 6) is -2.22. The molecule has 7 rings (SSSR count). The number of aromatic nitrogens is 2. The van der Waals surface area contributed by atoms with Crippen molar-refractivity contribution in [2.75, 3.05) is 24.6 Å². The molecule has 4 aromatic rings. The first-order chi connectivity index (χ1) is 20.3. The van der Waals surface area contributed by atoms with E-state index in [1.54, 1.807) is 6.92 Å². The molecule has 3 aliphatic rings. The monoisotopic (exact) mass is 577 g/mol. The van der Waals surface area contributed by atoms with Gasteiger partial charge in [-0.3, -0.25) is 4.79 Å². The number of nitrogens with zero attached hydrogens (tertiary/aromatic N) is 3. The number of carbonyl (C=O) groups is 1. The highest BCUT2D eigenvalue weighted by molar-refractivity contribution is 6.03. The largest absolute Gasteiger partial charge is 0.508 e. The average molecular weight is 578 g/mol. The van der Waals surface area contributed by atoms with Crippen LogP contribution in [0.2, 0.25) is 0 Å². The van der Waals surface area contributed by atoms with Gasteiger partial charge in [0, 0.05) is 37.0 Å². The maximum atomic E-state index is 16.6. The van der Waals surface area contributed by atoms with Crippen LogP contribution in [0.5, 0.6) is 11.8 Å². The standard InChI is InChI=1S/C31H30F3N5O3/c1-2-20-23(32)7-3-15-9-19(40)10-21(26(15)20)27-24(33)11-22-29(28(27)34)37-31(42-14-18-6-8-25(41)36-18)38-30(22)39-12-16-4-5-17(13-39)35-16/h3,7,9-11,16-18,35,40H,2,4-6,8,12-14H2,1H3,(H,36,41)/t16-,17+,18-/m0/s1. The molecule has 4 heterocycles. The highest BCUT2D eigenvalue weighted by Crippen LogP contribution is 2.42. The van der Waals surface area contributed by atoms with Crippen LogP contribution >= 0.6 is 0 Å². The van der Waals surface area contributed by atoms with Crippen molar-refractivity contribution in [2.45, 2.75) is 57.2 Å². The number of piperazine rings is 1. The molecule has 0 radical (unpaired) electrons. The molecular weight excluding hydrogens is 547 g/mol. The van der Waals surface area contributed by atoms with Crippen molar-refractivity contribution in [2.24, 2.45) is 0 Å². The van der Waals surface area contributed by atoms with Crippen molar-refractivity contribution < 1.29 is 27.8 Å². The molecule has 11 heteroatoms. The smallest absolute Gasteiger partial charge is 0.319 e. The number of fused-ring (bicyclic) bond motifs is 4. The lowest BCUT2D eigenvalue weighted by Gasteiger charge is -2.34. The molecule has 2 bridgehead atoms. The van der Waals surface area contributed by atoms with Gasteiger partial charge in [0.25, 0.3) is 0 Å². The molecule has 3 saturated heterocycles. The van der Waals surface area contributed by atoms with E-state index in [0.717, 1.165) is 12.8 Å². The summed E-state index contributed by atoms with van der Waals surface area (Å²) in [6.07, 6.45) is 3.29. The number of nitrogens with one attached hydrogen (secondary N) is 2. The van der Waals surface area contributed by atoms with Crippen LogP contribution in [0.15, 0.2) is 30.3 Å². The van der Waals surface area contributed by atoms with Crippen LogP contribution in [0, 0.1) is 17.5 Å². The number of phenols is 1. The van der Waals surface area contributed by atoms with E-state index in [-0.39, 0.29) is 65.3 Å². The minimum Gasteiger partial charge on any atom is -0.508 e. The molecule has 3 atom stereocenters. The van der Waals surface area contributed by atoms with Crippen molar-refractivity contribution in [3.63, 3.8) is 0 Å². The average Bonchev–Trinajstić information content (AvgIpc) is 3.54. The summed E-state index contributed by atoms with van der Waals surface area (Å²) >= 11 is 0. The summed E-state index contributed by atoms with van der Waals surface area (Å²) in [7, 11) is 0. The maximum Gasteiger partial charge on any atom is 0.319 e. The second-order valence-corrected chi connectivity index (χ2v) is 11.4. The summed E-state index contributed by atoms with van der Waals surface area (Å²) < 4.78 is 53.5. The number of hydrogen-bond acceptors (Lipinski definition) is 7. The van der Waals surface area contributed by atoms with Gasteiger partial charge in [0.05, 0.1) is 11.6 Å². The summed E-state index contributed by atoms with van der Waals surface area (Å²) in [4.78, 5) is 22.7. The first-order valence-electron chi connectivity index (χ1n) is 14.4. The summed E-state index contributed by atoms with van der Waals surface area (Å²) in [5, 5.41) is 17.8. The Bertz CT molecular complexity index is 1740. The van der Waals surface area contributed by atoms with E-state index in [9.17, 15) is 14.3 Å². The predicted octanol–water partition coefficient (Wildman–Crippen LogP) is 4.73. The van der Waals surface area contributed by atoms with Crippen molar-refractivity contribution >= 4 is 33.4 Å². The number of phenolic OH excluding ortho intramolecular Hbond substituents is 1. The summed E-state index contributed by atoms with van der Waals surface area (Å²) in [6.45, 7) is 3.09. The summed E-state index contributed by atoms with van der Waals surface area (Å²) in [6, 6.07) is 6.86. The zero-order chi connectivity index (χ0) is 29.1. The number of aromatic hydroxyl groups is 1. The third kappa shape index (κ3) is 4.56. The fraction of sp³-hybridized carbons (Fsp3) is 0.387. The van der Waals surface area contributed by atoms with E-state index < -0.39 is 23.0 Å². The molecule has 0 saturated carbocycles. The summed E-state index contributed by atoms with van der Waals surface area (Å²) in [5.41, 5.74) is -0.222. The fourth-order valence-corrected chi connectivity index (χ4v) is 6.70. The van der Waals surface area contributed by atoms with E-state index >= 15 is 8.78 Å². The van der Waals surface area contributed by atoms with Crippen LogP contribution in [0.25, 0.3) is 32.8 Å². The van der Waals surface area contributed by atoms with Gasteiger partial charge in [0.2, 0.25) is 5.91 Å². The van der Waals surface area contributed by atoms with Crippen LogP contribution in [0.1, 0.15) is 38.2 Å². The number of anilines is 1. The third-order valence-electron chi connectivity index (χ3n) is 8.63. The van der Waals surface area contributed by atoms with Gasteiger partial charge in [-0.25, -0.2) is 13.2 Å². The minimum atomic E-state index is -0.955. The lowest BCUT2D eigenvalue weighted by Crippen LogP contribution is -2.51. The van der Waals surface area contributed by atoms with E-state index in [0.29, 0.717) is 48.1 Å². The van der Waals surface area contributed by atoms with Crippen molar-refractivity contribution in [1.82, 2.24) is 20.6 Å². The predicted molar refractivity (Wildman–Crippen MR) is 152 cm³/mol. The third-order valence-corrected chi connectivity index (χ3v) is 8.63. The van der Waals surface area contributed by atoms with Crippen molar-refractivity contribution in [3.05, 3.63) is 53.3 Å². The van der Waals surface area contributed by atoms with Gasteiger partial charge in [-0.05, 0) is 71.8 Å². The molecule has 0 spiro atoms. The number of benzene rings is 3. The maximum absolute atomic E-state index is 16.6. The Balaban J connectivity index is 1.42. The van der Waals surface area contributed by atoms with Gasteiger partial charge in [-0.2, -0.15) is 9.97 Å². The number of ether oxygens (including phenoxy) is 1. The molecule has 3 N–H and O–H groups in total. The Kier molecular flexibility index (Phi) is 6.56. The van der Waals surface area contributed by atoms with Gasteiger partial charge in [-0.1, -0.05) is 13.0 Å². The molecule has 1 amide bonds. The van der Waals surface area contributed by atoms with E-state index in [1.807, 2.05) is 4.90 Å². The van der Waals surface area contributed by atoms with Gasteiger partial charge < -0.3 is 25.4 Å². The Morgan fingerprint density at radius 3 is 2.55 bits per heavy atom. The molecule has 218 valence electrons. The molecule has 3 aromatic carbocycles. The quantitative estimate of drug-likeness (QED) is 0.305. The Hall–Kier alpha value is -4.12. The van der Waals surface area contributed by atoms with Gasteiger partial charge in [-0.15, -0.1) is 0 Å². The normalized spacial score (nSPS) is 21.9. The molecule has 1 aromatic heterocycles. The first-order valence-corrected chi connectivity index (χ1v) is 14.4. The molecule has 42 heavy (non-hydrogen) atoms. The molecular formula is C31H30F3N5O3. The molecule has 3 fully saturated rings. The molecule has 3 aliphatic heterocycles. The van der Waals surface area contributed by atoms with Crippen LogP contribution in [0.3, 0.4) is 0 Å². The zero-order valence-electron chi connectivity index (χ0n) is 23.0. The minimum absolute atomic E-state index is 0.0368. The zero-order valence-corrected chi connectivity index (χ0v) is 23.0. The highest BCUT2D eigenvalue weighted by atomic mass is 19.1. The van der Waals surface area contributed by atoms with Crippen molar-refractivity contribution in [3.8, 4) is 22.9 Å². The lowest BCUT2D eigenvalue weighted by molar-refractivity contribution is -0.119. The lowest BCUT2D eigenvalue weighted by atomic mass is 9.91. The van der Waals surface area contributed by atoms with Crippen LogP contribution in [-0.2, 0) is 11.2 Å². The Morgan fingerprint density at radius 1 is 1.05 bits per heavy atom. The number of hydrogen-bond donors (Lipinski definition) is 3. The van der Waals surface area contributed by atoms with Gasteiger partial charge in [0.15, 0.2) is 5.82 Å². The number of rotatable bonds is 6. The second kappa shape index (κ2) is 10.3. The fourth-order valence-electron chi connectivity index (χ4n) is 6.70. The number of halogens is 3. The molecule has 8 nitrogen and oxygen atoms in total. The van der Waals surface area contributed by atoms with E-state index in [1.165, 1.54) is 30.3 Å². The topological polar surface area (TPSA) is 99.6 Å². The Labute approximate surface area is 239 Å². The molecule has 0 aliphatic carbocycles. The van der Waals surface area contributed by atoms with Crippen LogP contribution in [0.4, 0.5) is 19.0 Å². The van der Waals surface area contributed by atoms with Crippen molar-refractivity contribution in [1.29, 1.82) is 0 Å². The second-order valence-electron chi connectivity index (χ2n) is 11.4.